The molecular weight excluding hydrogens is 256 g/mol. The predicted molar refractivity (Wildman–Crippen MR) is 85.5 cm³/mol. The minimum atomic E-state index is 1.03. The van der Waals surface area contributed by atoms with E-state index in [1.165, 1.54) is 43.9 Å². The highest BCUT2D eigenvalue weighted by atomic mass is 15.3. The third-order valence-corrected chi connectivity index (χ3v) is 6.44. The molecule has 2 nitrogen and oxygen atoms in total. The lowest BCUT2D eigenvalue weighted by atomic mass is 9.93. The minimum absolute atomic E-state index is 1.03. The number of piperazine rings is 1. The van der Waals surface area contributed by atoms with E-state index in [-0.39, 0.29) is 0 Å². The summed E-state index contributed by atoms with van der Waals surface area (Å²) in [6.07, 6.45) is 6.19. The summed E-state index contributed by atoms with van der Waals surface area (Å²) in [4.78, 5) is 3.75. The third-order valence-electron chi connectivity index (χ3n) is 6.44. The molecule has 4 rings (SSSR count). The van der Waals surface area contributed by atoms with E-state index in [1.54, 1.807) is 30.6 Å². The van der Waals surface area contributed by atoms with Crippen LogP contribution in [0.25, 0.3) is 0 Å². The Morgan fingerprint density at radius 1 is 0.952 bits per heavy atom. The summed E-state index contributed by atoms with van der Waals surface area (Å²) in [7, 11) is 0. The zero-order chi connectivity index (χ0) is 14.2. The maximum absolute atomic E-state index is 2.32. The first kappa shape index (κ1) is 13.8. The van der Waals surface area contributed by atoms with Crippen LogP contribution in [0.4, 0.5) is 0 Å². The fraction of sp³-hybridized carbons (Fsp3) is 0.684. The molecule has 0 unspecified atom stereocenters. The van der Waals surface area contributed by atoms with E-state index in [2.05, 4.69) is 31.2 Å². The van der Waals surface area contributed by atoms with Crippen LogP contribution in [0.2, 0.25) is 0 Å². The van der Waals surface area contributed by atoms with Gasteiger partial charge in [0.1, 0.15) is 32.7 Å². The summed E-state index contributed by atoms with van der Waals surface area (Å²) in [5.74, 6) is 2.19. The Kier molecular flexibility index (Phi) is 3.76. The van der Waals surface area contributed by atoms with Crippen molar-refractivity contribution >= 4 is 0 Å². The van der Waals surface area contributed by atoms with Gasteiger partial charge >= 0.3 is 0 Å². The highest BCUT2D eigenvalue weighted by Gasteiger charge is 2.45. The molecule has 1 aliphatic heterocycles. The van der Waals surface area contributed by atoms with Gasteiger partial charge in [-0.3, -0.25) is 0 Å². The smallest absolute Gasteiger partial charge is 0.127 e. The number of nitrogens with one attached hydrogen (secondary N) is 2. The molecule has 1 aromatic carbocycles. The molecule has 0 spiro atoms. The molecule has 2 saturated carbocycles. The molecule has 1 heterocycles. The van der Waals surface area contributed by atoms with Gasteiger partial charge in [0, 0.05) is 17.9 Å². The Morgan fingerprint density at radius 2 is 1.71 bits per heavy atom. The van der Waals surface area contributed by atoms with E-state index in [4.69, 9.17) is 0 Å². The topological polar surface area (TPSA) is 8.88 Å². The summed E-state index contributed by atoms with van der Waals surface area (Å²) in [6, 6.07) is 10.2. The molecule has 3 atom stereocenters. The molecule has 0 amide bonds. The Morgan fingerprint density at radius 3 is 2.33 bits per heavy atom. The van der Waals surface area contributed by atoms with Crippen LogP contribution < -0.4 is 9.80 Å². The van der Waals surface area contributed by atoms with Crippen molar-refractivity contribution < 1.29 is 9.80 Å². The minimum Gasteiger partial charge on any atom is -0.323 e. The van der Waals surface area contributed by atoms with Crippen LogP contribution in [-0.4, -0.2) is 32.2 Å². The molecule has 2 aliphatic carbocycles. The van der Waals surface area contributed by atoms with E-state index >= 15 is 0 Å². The van der Waals surface area contributed by atoms with Gasteiger partial charge in [0.25, 0.3) is 0 Å². The summed E-state index contributed by atoms with van der Waals surface area (Å²) in [5, 5.41) is 0. The molecule has 114 valence electrons. The van der Waals surface area contributed by atoms with Crippen molar-refractivity contribution in [2.24, 2.45) is 11.8 Å². The fourth-order valence-electron chi connectivity index (χ4n) is 5.21. The number of fused-ring (bicyclic) bond motifs is 2. The number of rotatable bonds is 3. The molecule has 1 saturated heterocycles. The maximum atomic E-state index is 2.32. The van der Waals surface area contributed by atoms with Gasteiger partial charge in [-0.05, 0) is 32.1 Å². The molecule has 1 aromatic rings. The predicted octanol–water partition coefficient (Wildman–Crippen LogP) is 0.467. The standard InChI is InChI=1S/C19H28N2/c1-15-2-4-16(5-3-15)14-20-8-10-21(11-9-20)19-13-17-6-7-18(19)12-17/h2-5,17-19H,6-14H2,1H3/p+2/t17-,18+,19-/m0/s1. The van der Waals surface area contributed by atoms with E-state index in [9.17, 15) is 0 Å². The summed E-state index contributed by atoms with van der Waals surface area (Å²) >= 11 is 0. The number of aryl methyl sites for hydroxylation is 1. The van der Waals surface area contributed by atoms with Crippen molar-refractivity contribution in [1.29, 1.82) is 0 Å². The van der Waals surface area contributed by atoms with Crippen LogP contribution in [0.1, 0.15) is 36.8 Å². The van der Waals surface area contributed by atoms with Crippen molar-refractivity contribution in [2.45, 2.75) is 45.2 Å². The lowest BCUT2D eigenvalue weighted by molar-refractivity contribution is -1.03. The van der Waals surface area contributed by atoms with Crippen LogP contribution in [0.5, 0.6) is 0 Å². The lowest BCUT2D eigenvalue weighted by Crippen LogP contribution is -3.29. The maximum Gasteiger partial charge on any atom is 0.127 e. The van der Waals surface area contributed by atoms with Gasteiger partial charge in [-0.1, -0.05) is 29.8 Å². The van der Waals surface area contributed by atoms with Crippen LogP contribution in [-0.2, 0) is 6.54 Å². The second-order valence-corrected chi connectivity index (χ2v) is 7.85. The second kappa shape index (κ2) is 5.73. The van der Waals surface area contributed by atoms with E-state index in [0.717, 1.165) is 17.9 Å². The Balaban J connectivity index is 1.29. The quantitative estimate of drug-likeness (QED) is 0.799. The first-order valence-electron chi connectivity index (χ1n) is 9.01. The van der Waals surface area contributed by atoms with E-state index in [0.29, 0.717) is 0 Å². The number of quaternary nitrogens is 2. The van der Waals surface area contributed by atoms with E-state index in [1.807, 2.05) is 4.90 Å². The normalized spacial score (nSPS) is 38.8. The number of hydrogen-bond donors (Lipinski definition) is 2. The zero-order valence-corrected chi connectivity index (χ0v) is 13.4. The largest absolute Gasteiger partial charge is 0.323 e. The van der Waals surface area contributed by atoms with Crippen LogP contribution in [0.3, 0.4) is 0 Å². The summed E-state index contributed by atoms with van der Waals surface area (Å²) in [6.45, 7) is 8.97. The van der Waals surface area contributed by atoms with Crippen molar-refractivity contribution in [1.82, 2.24) is 0 Å². The molecule has 0 radical (unpaired) electrons. The summed E-state index contributed by atoms with van der Waals surface area (Å²) in [5.41, 5.74) is 2.89. The number of hydrogen-bond acceptors (Lipinski definition) is 0. The van der Waals surface area contributed by atoms with Crippen LogP contribution in [0, 0.1) is 18.8 Å². The average Bonchev–Trinajstić information content (AvgIpc) is 3.13. The van der Waals surface area contributed by atoms with Gasteiger partial charge in [-0.15, -0.1) is 0 Å². The molecule has 21 heavy (non-hydrogen) atoms. The van der Waals surface area contributed by atoms with Crippen molar-refractivity contribution in [3.8, 4) is 0 Å². The molecule has 0 aromatic heterocycles. The fourth-order valence-corrected chi connectivity index (χ4v) is 5.21. The van der Waals surface area contributed by atoms with E-state index < -0.39 is 0 Å². The molecule has 3 fully saturated rings. The molecular formula is C19H30N2+2. The zero-order valence-electron chi connectivity index (χ0n) is 13.4. The average molecular weight is 286 g/mol. The SMILES string of the molecule is Cc1ccc(C[NH+]2CC[NH+]([C@H]3C[C@H]4CC[C@@H]3C4)CC2)cc1. The lowest BCUT2D eigenvalue weighted by Gasteiger charge is -2.36. The first-order valence-corrected chi connectivity index (χ1v) is 9.01. The van der Waals surface area contributed by atoms with Gasteiger partial charge in [0.2, 0.25) is 0 Å². The molecule has 2 N–H and O–H groups in total. The summed E-state index contributed by atoms with van der Waals surface area (Å²) < 4.78 is 0. The van der Waals surface area contributed by atoms with Gasteiger partial charge in [0.05, 0.1) is 6.04 Å². The Bertz CT molecular complexity index is 473. The van der Waals surface area contributed by atoms with Crippen molar-refractivity contribution in [3.63, 3.8) is 0 Å². The monoisotopic (exact) mass is 286 g/mol. The van der Waals surface area contributed by atoms with Gasteiger partial charge in [-0.25, -0.2) is 0 Å². The van der Waals surface area contributed by atoms with Crippen LogP contribution in [0.15, 0.2) is 24.3 Å². The van der Waals surface area contributed by atoms with Gasteiger partial charge < -0.3 is 9.80 Å². The molecule has 2 bridgehead atoms. The first-order chi connectivity index (χ1) is 10.3. The third kappa shape index (κ3) is 2.89. The van der Waals surface area contributed by atoms with Gasteiger partial charge in [-0.2, -0.15) is 0 Å². The van der Waals surface area contributed by atoms with Crippen molar-refractivity contribution in [2.75, 3.05) is 26.2 Å². The number of benzene rings is 1. The Hall–Kier alpha value is -0.860. The van der Waals surface area contributed by atoms with Crippen LogP contribution >= 0.6 is 0 Å². The highest BCUT2D eigenvalue weighted by molar-refractivity contribution is 5.20. The second-order valence-electron chi connectivity index (χ2n) is 7.85. The van der Waals surface area contributed by atoms with Gasteiger partial charge in [0.15, 0.2) is 0 Å². The van der Waals surface area contributed by atoms with Crippen molar-refractivity contribution in [3.05, 3.63) is 35.4 Å². The Labute approximate surface area is 129 Å². The highest BCUT2D eigenvalue weighted by Crippen LogP contribution is 2.43. The molecule has 3 aliphatic rings. The molecule has 2 heteroatoms.